The van der Waals surface area contributed by atoms with E-state index in [2.05, 4.69) is 16.4 Å². The fraction of sp³-hybridized carbons (Fsp3) is 0.400. The highest BCUT2D eigenvalue weighted by Crippen LogP contribution is 2.27. The number of aromatic nitrogens is 1. The van der Waals surface area contributed by atoms with Crippen LogP contribution in [0.3, 0.4) is 0 Å². The van der Waals surface area contributed by atoms with Crippen LogP contribution in [0.2, 0.25) is 0 Å². The van der Waals surface area contributed by atoms with Crippen molar-refractivity contribution in [1.82, 2.24) is 10.3 Å². The van der Waals surface area contributed by atoms with Gasteiger partial charge in [-0.1, -0.05) is 6.08 Å². The topological polar surface area (TPSA) is 62.2 Å². The summed E-state index contributed by atoms with van der Waals surface area (Å²) in [6.07, 6.45) is 3.00. The molecule has 0 aromatic carbocycles. The molecule has 0 aliphatic carbocycles. The lowest BCUT2D eigenvalue weighted by Gasteiger charge is -2.10. The average molecular weight is 224 g/mol. The zero-order chi connectivity index (χ0) is 10.8. The van der Waals surface area contributed by atoms with E-state index in [4.69, 9.17) is 5.11 Å². The van der Waals surface area contributed by atoms with Crippen LogP contribution in [0, 0.1) is 6.92 Å². The molecule has 1 aromatic rings. The number of nitrogens with one attached hydrogen (secondary N) is 1. The molecule has 15 heavy (non-hydrogen) atoms. The van der Waals surface area contributed by atoms with Gasteiger partial charge in [-0.2, -0.15) is 0 Å². The van der Waals surface area contributed by atoms with E-state index in [1.807, 2.05) is 0 Å². The molecule has 0 fully saturated rings. The lowest BCUT2D eigenvalue weighted by molar-refractivity contribution is 0.0701. The molecule has 1 aliphatic heterocycles. The number of carbonyl (C=O) groups is 1. The molecule has 1 aromatic heterocycles. The Balaban J connectivity index is 2.33. The van der Waals surface area contributed by atoms with Gasteiger partial charge in [-0.05, 0) is 25.5 Å². The fourth-order valence-corrected chi connectivity index (χ4v) is 2.52. The van der Waals surface area contributed by atoms with E-state index in [0.29, 0.717) is 10.6 Å². The van der Waals surface area contributed by atoms with Crippen LogP contribution in [-0.4, -0.2) is 29.1 Å². The van der Waals surface area contributed by atoms with Gasteiger partial charge in [0.15, 0.2) is 0 Å². The average Bonchev–Trinajstić information content (AvgIpc) is 2.62. The van der Waals surface area contributed by atoms with E-state index in [1.165, 1.54) is 11.3 Å². The molecule has 4 nitrogen and oxygen atoms in total. The number of aryl methyl sites for hydroxylation is 1. The van der Waals surface area contributed by atoms with Crippen molar-refractivity contribution in [3.63, 3.8) is 0 Å². The molecule has 2 N–H and O–H groups in total. The van der Waals surface area contributed by atoms with E-state index in [9.17, 15) is 4.79 Å². The molecule has 0 unspecified atom stereocenters. The predicted octanol–water partition coefficient (Wildman–Crippen LogP) is 1.53. The van der Waals surface area contributed by atoms with Crippen LogP contribution in [-0.2, 0) is 0 Å². The van der Waals surface area contributed by atoms with Crippen molar-refractivity contribution in [2.45, 2.75) is 13.3 Å². The Bertz CT molecular complexity index is 423. The van der Waals surface area contributed by atoms with Crippen molar-refractivity contribution in [1.29, 1.82) is 0 Å². The Labute approximate surface area is 91.7 Å². The summed E-state index contributed by atoms with van der Waals surface area (Å²) in [5.74, 6) is -0.884. The molecular formula is C10H12N2O2S. The fourth-order valence-electron chi connectivity index (χ4n) is 1.55. The molecule has 0 bridgehead atoms. The summed E-state index contributed by atoms with van der Waals surface area (Å²) in [7, 11) is 0. The largest absolute Gasteiger partial charge is 0.477 e. The molecule has 80 valence electrons. The predicted molar refractivity (Wildman–Crippen MR) is 59.3 cm³/mol. The van der Waals surface area contributed by atoms with Crippen LogP contribution < -0.4 is 5.32 Å². The summed E-state index contributed by atoms with van der Waals surface area (Å²) in [4.78, 5) is 15.5. The number of hydrogen-bond acceptors (Lipinski definition) is 4. The van der Waals surface area contributed by atoms with Gasteiger partial charge < -0.3 is 10.4 Å². The minimum Gasteiger partial charge on any atom is -0.477 e. The minimum atomic E-state index is -0.884. The third-order valence-electron chi connectivity index (χ3n) is 2.33. The van der Waals surface area contributed by atoms with Gasteiger partial charge in [-0.3, -0.25) is 0 Å². The number of carboxylic acids is 1. The van der Waals surface area contributed by atoms with Crippen LogP contribution in [0.1, 0.15) is 26.8 Å². The third-order valence-corrected chi connectivity index (χ3v) is 3.55. The Morgan fingerprint density at radius 3 is 3.00 bits per heavy atom. The normalized spacial score (nSPS) is 16.2. The van der Waals surface area contributed by atoms with Crippen LogP contribution in [0.4, 0.5) is 0 Å². The van der Waals surface area contributed by atoms with Gasteiger partial charge in [-0.25, -0.2) is 9.78 Å². The number of thiazole rings is 1. The quantitative estimate of drug-likeness (QED) is 0.799. The first kappa shape index (κ1) is 10.3. The smallest absolute Gasteiger partial charge is 0.347 e. The van der Waals surface area contributed by atoms with E-state index in [0.717, 1.165) is 30.1 Å². The SMILES string of the molecule is Cc1nc(C2=CCNCC2)sc1C(=O)O. The van der Waals surface area contributed by atoms with Crippen molar-refractivity contribution in [3.8, 4) is 0 Å². The maximum atomic E-state index is 10.9. The van der Waals surface area contributed by atoms with Crippen molar-refractivity contribution in [2.24, 2.45) is 0 Å². The van der Waals surface area contributed by atoms with Crippen LogP contribution >= 0.6 is 11.3 Å². The summed E-state index contributed by atoms with van der Waals surface area (Å²) >= 11 is 1.27. The van der Waals surface area contributed by atoms with Crippen LogP contribution in [0.15, 0.2) is 6.08 Å². The van der Waals surface area contributed by atoms with Gasteiger partial charge in [-0.15, -0.1) is 11.3 Å². The highest BCUT2D eigenvalue weighted by molar-refractivity contribution is 7.14. The summed E-state index contributed by atoms with van der Waals surface area (Å²) in [6.45, 7) is 3.52. The molecule has 2 heterocycles. The lowest BCUT2D eigenvalue weighted by Crippen LogP contribution is -2.19. The second-order valence-electron chi connectivity index (χ2n) is 3.42. The minimum absolute atomic E-state index is 0.351. The van der Waals surface area contributed by atoms with Gasteiger partial charge in [0.05, 0.1) is 5.69 Å². The van der Waals surface area contributed by atoms with E-state index < -0.39 is 5.97 Å². The molecule has 0 atom stereocenters. The second kappa shape index (κ2) is 4.12. The molecule has 0 saturated carbocycles. The zero-order valence-corrected chi connectivity index (χ0v) is 9.23. The first-order valence-corrected chi connectivity index (χ1v) is 5.61. The van der Waals surface area contributed by atoms with E-state index in [-0.39, 0.29) is 0 Å². The highest BCUT2D eigenvalue weighted by Gasteiger charge is 2.16. The number of nitrogens with zero attached hydrogens (tertiary/aromatic N) is 1. The van der Waals surface area contributed by atoms with Gasteiger partial charge >= 0.3 is 5.97 Å². The van der Waals surface area contributed by atoms with Crippen molar-refractivity contribution >= 4 is 22.9 Å². The van der Waals surface area contributed by atoms with E-state index in [1.54, 1.807) is 6.92 Å². The standard InChI is InChI=1S/C10H12N2O2S/c1-6-8(10(13)14)15-9(12-6)7-2-4-11-5-3-7/h2,11H,3-5H2,1H3,(H,13,14). The lowest BCUT2D eigenvalue weighted by atomic mass is 10.1. The monoisotopic (exact) mass is 224 g/mol. The molecule has 0 radical (unpaired) electrons. The summed E-state index contributed by atoms with van der Waals surface area (Å²) < 4.78 is 0. The molecule has 1 aliphatic rings. The van der Waals surface area contributed by atoms with Gasteiger partial charge in [0.1, 0.15) is 9.88 Å². The maximum absolute atomic E-state index is 10.9. The summed E-state index contributed by atoms with van der Waals surface area (Å²) in [5.41, 5.74) is 1.77. The third kappa shape index (κ3) is 2.08. The molecule has 0 amide bonds. The Morgan fingerprint density at radius 2 is 2.47 bits per heavy atom. The van der Waals surface area contributed by atoms with E-state index >= 15 is 0 Å². The summed E-state index contributed by atoms with van der Waals surface area (Å²) in [6, 6.07) is 0. The Morgan fingerprint density at radius 1 is 1.67 bits per heavy atom. The van der Waals surface area contributed by atoms with Gasteiger partial charge in [0.2, 0.25) is 0 Å². The zero-order valence-electron chi connectivity index (χ0n) is 8.41. The summed E-state index contributed by atoms with van der Waals surface area (Å²) in [5, 5.41) is 13.0. The molecule has 5 heteroatoms. The first-order valence-electron chi connectivity index (χ1n) is 4.79. The number of aromatic carboxylic acids is 1. The number of carboxylic acid groups (broad SMARTS) is 1. The van der Waals surface area contributed by atoms with Gasteiger partial charge in [0.25, 0.3) is 0 Å². The van der Waals surface area contributed by atoms with Crippen molar-refractivity contribution < 1.29 is 9.90 Å². The van der Waals surface area contributed by atoms with Crippen molar-refractivity contribution in [2.75, 3.05) is 13.1 Å². The Hall–Kier alpha value is -1.20. The van der Waals surface area contributed by atoms with Crippen LogP contribution in [0.5, 0.6) is 0 Å². The first-order chi connectivity index (χ1) is 7.18. The molecule has 0 saturated heterocycles. The van der Waals surface area contributed by atoms with Crippen molar-refractivity contribution in [3.05, 3.63) is 21.7 Å². The van der Waals surface area contributed by atoms with Crippen LogP contribution in [0.25, 0.3) is 5.57 Å². The molecule has 2 rings (SSSR count). The number of hydrogen-bond donors (Lipinski definition) is 2. The highest BCUT2D eigenvalue weighted by atomic mass is 32.1. The molecule has 0 spiro atoms. The van der Waals surface area contributed by atoms with Gasteiger partial charge in [0, 0.05) is 6.54 Å². The second-order valence-corrected chi connectivity index (χ2v) is 4.42. The Kier molecular flexibility index (Phi) is 2.83. The number of rotatable bonds is 2. The maximum Gasteiger partial charge on any atom is 0.347 e. The molecular weight excluding hydrogens is 212 g/mol.